The van der Waals surface area contributed by atoms with E-state index >= 15 is 0 Å². The maximum atomic E-state index is 9.21. The van der Waals surface area contributed by atoms with E-state index in [2.05, 4.69) is 5.32 Å². The number of carbonyl (C=O) groups excluding carboxylic acids is 4. The molecule has 0 aliphatic rings. The van der Waals surface area contributed by atoms with Crippen LogP contribution in [0.1, 0.15) is 0 Å². The van der Waals surface area contributed by atoms with Gasteiger partial charge in [0.15, 0.2) is 25.1 Å². The summed E-state index contributed by atoms with van der Waals surface area (Å²) in [5, 5.41) is 12.1. The zero-order chi connectivity index (χ0) is 17.5. The first-order valence-corrected chi connectivity index (χ1v) is 6.15. The molecule has 17 heteroatoms. The molecule has 0 heterocycles. The fraction of sp³-hybridized carbons (Fsp3) is 0.667. The van der Waals surface area contributed by atoms with Crippen molar-refractivity contribution < 1.29 is 60.4 Å². The Bertz CT molecular complexity index is 248. The molecule has 12 N–H and O–H groups in total. The number of hydrogen-bond donors (Lipinski definition) is 3. The van der Waals surface area contributed by atoms with Crippen molar-refractivity contribution in [3.63, 3.8) is 0 Å². The van der Waals surface area contributed by atoms with Crippen molar-refractivity contribution in [2.75, 3.05) is 46.9 Å². The molecule has 0 aromatic heterocycles. The van der Waals surface area contributed by atoms with Gasteiger partial charge in [-0.1, -0.05) is 0 Å². The highest BCUT2D eigenvalue weighted by atomic mass is 28.1. The molecular weight excluding hydrogens is 448 g/mol. The molecule has 1 atom stereocenters. The van der Waals surface area contributed by atoms with Crippen LogP contribution in [-0.4, -0.2) is 138 Å². The van der Waals surface area contributed by atoms with Crippen LogP contribution < -0.4 is 11.1 Å². The predicted molar refractivity (Wildman–Crippen MR) is 124 cm³/mol. The minimum absolute atomic E-state index is 0. The molecular formula is C12H44N2O12Si3. The molecule has 1 unspecified atom stereocenters. The van der Waals surface area contributed by atoms with Crippen LogP contribution in [0.3, 0.4) is 0 Å². The molecule has 0 aliphatic heterocycles. The number of nitrogens with one attached hydrogen (secondary N) is 1. The van der Waals surface area contributed by atoms with Crippen molar-refractivity contribution in [3.05, 3.63) is 0 Å². The zero-order valence-electron chi connectivity index (χ0n) is 14.5. The van der Waals surface area contributed by atoms with Crippen molar-refractivity contribution >= 4 is 58.0 Å². The van der Waals surface area contributed by atoms with E-state index in [1.165, 1.54) is 0 Å². The zero-order valence-corrected chi connectivity index (χ0v) is 14.5. The molecule has 14 nitrogen and oxygen atoms in total. The molecule has 0 bridgehead atoms. The molecule has 0 amide bonds. The minimum atomic E-state index is -0.496. The number of rotatable bonds is 12. The molecule has 0 aromatic carbocycles. The van der Waals surface area contributed by atoms with Crippen molar-refractivity contribution in [2.45, 2.75) is 6.10 Å². The van der Waals surface area contributed by atoms with Gasteiger partial charge < -0.3 is 47.0 Å². The average Bonchev–Trinajstić information content (AvgIpc) is 2.54. The lowest BCUT2D eigenvalue weighted by Crippen LogP contribution is -2.31. The fourth-order valence-corrected chi connectivity index (χ4v) is 0.822. The molecule has 29 heavy (non-hydrogen) atoms. The van der Waals surface area contributed by atoms with Crippen LogP contribution in [0.25, 0.3) is 0 Å². The normalized spacial score (nSPS) is 7.69. The number of methoxy groups -OCH3 is 1. The summed E-state index contributed by atoms with van der Waals surface area (Å²) in [5.41, 5.74) is 5.10. The fourth-order valence-electron chi connectivity index (χ4n) is 0.822. The topological polar surface area (TPSA) is 280 Å². The van der Waals surface area contributed by atoms with Crippen molar-refractivity contribution in [1.29, 1.82) is 0 Å². The van der Waals surface area contributed by atoms with Gasteiger partial charge in [-0.2, -0.15) is 0 Å². The Kier molecular flexibility index (Phi) is 155. The van der Waals surface area contributed by atoms with Crippen LogP contribution in [0.15, 0.2) is 0 Å². The predicted octanol–water partition coefficient (Wildman–Crippen LogP) is -10.4. The van der Waals surface area contributed by atoms with Gasteiger partial charge in [-0.05, 0) is 32.9 Å². The third-order valence-corrected chi connectivity index (χ3v) is 1.54. The maximum absolute atomic E-state index is 9.21. The first kappa shape index (κ1) is 63.0. The second-order valence-corrected chi connectivity index (χ2v) is 3.24. The Morgan fingerprint density at radius 2 is 1.24 bits per heavy atom. The molecule has 0 saturated heterocycles. The van der Waals surface area contributed by atoms with Crippen LogP contribution in [0.2, 0.25) is 0 Å². The number of aliphatic hydroxyl groups is 1. The van der Waals surface area contributed by atoms with Gasteiger partial charge in [-0.3, -0.25) is 24.5 Å². The Morgan fingerprint density at radius 1 is 0.862 bits per heavy atom. The summed E-state index contributed by atoms with van der Waals surface area (Å²) in [6, 6.07) is 0. The van der Waals surface area contributed by atoms with Crippen molar-refractivity contribution in [2.24, 2.45) is 5.73 Å². The largest absolute Gasteiger partial charge is 0.412 e. The smallest absolute Gasteiger partial charge is 0.182 e. The Hall–Kier alpha value is -1.07. The molecule has 0 saturated carbocycles. The van der Waals surface area contributed by atoms with Gasteiger partial charge in [0.1, 0.15) is 0 Å². The Labute approximate surface area is 183 Å². The lowest BCUT2D eigenvalue weighted by atomic mass is 10.4. The van der Waals surface area contributed by atoms with Crippen molar-refractivity contribution in [3.8, 4) is 0 Å². The molecule has 186 valence electrons. The third-order valence-electron chi connectivity index (χ3n) is 1.54. The Morgan fingerprint density at radius 3 is 1.55 bits per heavy atom. The summed E-state index contributed by atoms with van der Waals surface area (Å²) in [7, 11) is 1.55. The van der Waals surface area contributed by atoms with E-state index in [9.17, 15) is 5.11 Å². The molecule has 0 fully saturated rings. The second-order valence-electron chi connectivity index (χ2n) is 3.24. The average molecular weight is 493 g/mol. The highest BCUT2D eigenvalue weighted by Gasteiger charge is 2.00. The Balaban J connectivity index is -0.0000000263. The van der Waals surface area contributed by atoms with E-state index in [-0.39, 0.29) is 86.7 Å². The van der Waals surface area contributed by atoms with E-state index in [0.717, 1.165) is 0 Å². The van der Waals surface area contributed by atoms with E-state index in [1.807, 2.05) is 0 Å². The summed E-state index contributed by atoms with van der Waals surface area (Å²) >= 11 is 0. The van der Waals surface area contributed by atoms with Crippen LogP contribution in [0.5, 0.6) is 0 Å². The summed E-state index contributed by atoms with van der Waals surface area (Å²) in [4.78, 5) is 35.2. The number of aliphatic hydroxyl groups excluding tert-OH is 1. The van der Waals surface area contributed by atoms with E-state index in [1.54, 1.807) is 7.11 Å². The summed E-state index contributed by atoms with van der Waals surface area (Å²) < 4.78 is 14.7. The maximum Gasteiger partial charge on any atom is 0.182 e. The van der Waals surface area contributed by atoms with E-state index in [0.29, 0.717) is 33.1 Å². The number of ether oxygens (including phenoxy) is 3. The summed E-state index contributed by atoms with van der Waals surface area (Å²) in [6.45, 7) is 2.34. The first-order chi connectivity index (χ1) is 10.6. The van der Waals surface area contributed by atoms with Crippen LogP contribution in [-0.2, 0) is 33.4 Å². The number of nitrogens with two attached hydrogens (primary N) is 1. The lowest BCUT2D eigenvalue weighted by Gasteiger charge is -2.10. The van der Waals surface area contributed by atoms with E-state index in [4.69, 9.17) is 39.1 Å². The quantitative estimate of drug-likeness (QED) is 0.0759. The van der Waals surface area contributed by atoms with Gasteiger partial charge in [0.25, 0.3) is 0 Å². The summed E-state index contributed by atoms with van der Waals surface area (Å²) in [5.74, 6) is 0. The van der Waals surface area contributed by atoms with Gasteiger partial charge in [0.05, 0.1) is 39.4 Å². The van der Waals surface area contributed by atoms with Crippen LogP contribution in [0.4, 0.5) is 0 Å². The van der Waals surface area contributed by atoms with Gasteiger partial charge in [-0.25, -0.2) is 0 Å². The molecule has 0 aliphatic carbocycles. The molecule has 0 spiro atoms. The van der Waals surface area contributed by atoms with Crippen molar-refractivity contribution in [1.82, 2.24) is 5.32 Å². The monoisotopic (exact) mass is 492 g/mol. The molecule has 0 aromatic rings. The minimum Gasteiger partial charge on any atom is -0.412 e. The van der Waals surface area contributed by atoms with Crippen LogP contribution in [0, 0.1) is 0 Å². The van der Waals surface area contributed by atoms with Gasteiger partial charge in [0, 0.05) is 13.7 Å². The molecule has 0 rings (SSSR count). The van der Waals surface area contributed by atoms with E-state index < -0.39 is 6.10 Å². The van der Waals surface area contributed by atoms with Gasteiger partial charge >= 0.3 is 0 Å². The standard InChI is InChI=1S/C8H20N2O4.2C2H2O2.4H2O.3H4Si/c1-12-5-8(11)4-10-7-14-3-2-13-6-9;2*3-1-2-4;;;;;;;/h8,10-11H,2-7,9H2,1H3;2*1-2H;4*1H2;3*1H4. The van der Waals surface area contributed by atoms with Gasteiger partial charge in [0.2, 0.25) is 0 Å². The second kappa shape index (κ2) is 71.4. The number of aldehydes is 4. The number of carbonyl (C=O) groups is 4. The third kappa shape index (κ3) is 100. The van der Waals surface area contributed by atoms with Crippen LogP contribution >= 0.6 is 0 Å². The summed E-state index contributed by atoms with van der Waals surface area (Å²) in [6.07, 6.45) is 0.281. The molecule has 0 radical (unpaired) electrons. The number of hydrogen-bond acceptors (Lipinski definition) is 10. The highest BCUT2D eigenvalue weighted by molar-refractivity contribution is 6.09. The highest BCUT2D eigenvalue weighted by Crippen LogP contribution is 1.81. The first-order valence-electron chi connectivity index (χ1n) is 6.15. The van der Waals surface area contributed by atoms with Gasteiger partial charge in [-0.15, -0.1) is 0 Å². The SMILES string of the molecule is COCC(O)CNCOCCOCN.O.O.O.O.O=CC=O.O=CC=O.[SiH4].[SiH4].[SiH4]. The lowest BCUT2D eigenvalue weighted by molar-refractivity contribution is -0.122.